The zero-order valence-electron chi connectivity index (χ0n) is 17.9. The second kappa shape index (κ2) is 8.95. The number of anilines is 1. The van der Waals surface area contributed by atoms with Gasteiger partial charge in [-0.2, -0.15) is 13.2 Å². The summed E-state index contributed by atoms with van der Waals surface area (Å²) < 4.78 is 71.6. The molecule has 2 aliphatic rings. The number of sulfonamides is 1. The molecule has 31 heavy (non-hydrogen) atoms. The van der Waals surface area contributed by atoms with Gasteiger partial charge in [0.2, 0.25) is 10.0 Å². The van der Waals surface area contributed by atoms with Crippen LogP contribution in [0.2, 0.25) is 0 Å². The summed E-state index contributed by atoms with van der Waals surface area (Å²) in [5, 5.41) is 0. The molecule has 1 saturated carbocycles. The van der Waals surface area contributed by atoms with Crippen molar-refractivity contribution in [2.24, 2.45) is 5.92 Å². The molecule has 0 unspecified atom stereocenters. The lowest BCUT2D eigenvalue weighted by Crippen LogP contribution is -2.46. The summed E-state index contributed by atoms with van der Waals surface area (Å²) in [5.74, 6) is -0.791. The van der Waals surface area contributed by atoms with E-state index in [0.717, 1.165) is 22.0 Å². The van der Waals surface area contributed by atoms with Crippen molar-refractivity contribution in [1.82, 2.24) is 9.21 Å². The molecule has 1 aliphatic carbocycles. The van der Waals surface area contributed by atoms with Gasteiger partial charge in [0.05, 0.1) is 23.7 Å². The van der Waals surface area contributed by atoms with Crippen LogP contribution in [0.4, 0.5) is 18.9 Å². The number of hydrogen-bond acceptors (Lipinski definition) is 5. The minimum Gasteiger partial charge on any atom is -0.378 e. The molecular formula is C20H28F3N3O4S. The van der Waals surface area contributed by atoms with Gasteiger partial charge in [-0.25, -0.2) is 12.7 Å². The average Bonchev–Trinajstić information content (AvgIpc) is 3.56. The molecule has 1 saturated heterocycles. The number of rotatable bonds is 7. The molecule has 3 rings (SSSR count). The summed E-state index contributed by atoms with van der Waals surface area (Å²) >= 11 is 0. The molecule has 0 radical (unpaired) electrons. The van der Waals surface area contributed by atoms with Crippen molar-refractivity contribution in [2.45, 2.75) is 36.9 Å². The fourth-order valence-corrected chi connectivity index (χ4v) is 4.65. The van der Waals surface area contributed by atoms with E-state index in [1.54, 1.807) is 6.92 Å². The van der Waals surface area contributed by atoms with Crippen LogP contribution in [0.25, 0.3) is 0 Å². The minimum atomic E-state index is -4.56. The van der Waals surface area contributed by atoms with Gasteiger partial charge in [0.25, 0.3) is 5.91 Å². The number of hydrogen-bond donors (Lipinski definition) is 0. The van der Waals surface area contributed by atoms with Crippen LogP contribution in [0.5, 0.6) is 0 Å². The minimum absolute atomic E-state index is 0.0202. The summed E-state index contributed by atoms with van der Waals surface area (Å²) in [6.07, 6.45) is -3.02. The van der Waals surface area contributed by atoms with Crippen LogP contribution in [0.1, 0.15) is 30.1 Å². The lowest BCUT2D eigenvalue weighted by molar-refractivity contribution is -0.144. The van der Waals surface area contributed by atoms with E-state index in [9.17, 15) is 26.4 Å². The molecule has 11 heteroatoms. The summed E-state index contributed by atoms with van der Waals surface area (Å²) in [6, 6.07) is 3.49. The number of halogens is 3. The van der Waals surface area contributed by atoms with Crippen LogP contribution in [-0.2, 0) is 14.8 Å². The molecule has 174 valence electrons. The quantitative estimate of drug-likeness (QED) is 0.622. The third-order valence-electron chi connectivity index (χ3n) is 5.74. The van der Waals surface area contributed by atoms with E-state index in [0.29, 0.717) is 32.0 Å². The monoisotopic (exact) mass is 463 g/mol. The number of amides is 1. The standard InChI is InChI=1S/C20H28F3N3O4S/c1-14(15-4-5-15)26(13-20(21,22)23)19(27)17-12-16(31(28,29)24(2)3)6-7-18(17)25-8-10-30-11-9-25/h6-7,12,14-15H,4-5,8-11,13H2,1-3H3/t14-/m1/s1. The third kappa shape index (κ3) is 5.50. The highest BCUT2D eigenvalue weighted by Gasteiger charge is 2.41. The van der Waals surface area contributed by atoms with Gasteiger partial charge in [0.1, 0.15) is 6.54 Å². The first kappa shape index (κ1) is 23.8. The Morgan fingerprint density at radius 1 is 1.23 bits per heavy atom. The Bertz CT molecular complexity index is 911. The number of carbonyl (C=O) groups is 1. The van der Waals surface area contributed by atoms with Crippen molar-refractivity contribution in [3.05, 3.63) is 23.8 Å². The Hall–Kier alpha value is -1.85. The fraction of sp³-hybridized carbons (Fsp3) is 0.650. The molecule has 2 fully saturated rings. The van der Waals surface area contributed by atoms with Gasteiger partial charge >= 0.3 is 6.18 Å². The molecule has 1 aliphatic heterocycles. The summed E-state index contributed by atoms with van der Waals surface area (Å²) in [7, 11) is -1.15. The zero-order valence-corrected chi connectivity index (χ0v) is 18.7. The van der Waals surface area contributed by atoms with Crippen molar-refractivity contribution in [2.75, 3.05) is 51.8 Å². The van der Waals surface area contributed by atoms with E-state index in [-0.39, 0.29) is 16.4 Å². The van der Waals surface area contributed by atoms with E-state index in [1.165, 1.54) is 32.3 Å². The predicted octanol–water partition coefficient (Wildman–Crippen LogP) is 2.58. The maximum absolute atomic E-state index is 13.5. The van der Waals surface area contributed by atoms with Crippen molar-refractivity contribution in [3.63, 3.8) is 0 Å². The first-order chi connectivity index (χ1) is 14.4. The highest BCUT2D eigenvalue weighted by molar-refractivity contribution is 7.89. The molecule has 7 nitrogen and oxygen atoms in total. The van der Waals surface area contributed by atoms with Crippen LogP contribution in [0.15, 0.2) is 23.1 Å². The second-order valence-corrected chi connectivity index (χ2v) is 10.3. The fourth-order valence-electron chi connectivity index (χ4n) is 3.72. The highest BCUT2D eigenvalue weighted by Crippen LogP contribution is 2.38. The maximum Gasteiger partial charge on any atom is 0.406 e. The number of nitrogens with zero attached hydrogens (tertiary/aromatic N) is 3. The maximum atomic E-state index is 13.5. The smallest absolute Gasteiger partial charge is 0.378 e. The number of ether oxygens (including phenoxy) is 1. The van der Waals surface area contributed by atoms with Crippen LogP contribution in [-0.4, -0.2) is 82.7 Å². The van der Waals surface area contributed by atoms with Crippen molar-refractivity contribution < 1.29 is 31.1 Å². The largest absolute Gasteiger partial charge is 0.406 e. The van der Waals surface area contributed by atoms with Crippen molar-refractivity contribution in [1.29, 1.82) is 0 Å². The molecule has 0 spiro atoms. The molecular weight excluding hydrogens is 435 g/mol. The SMILES string of the molecule is C[C@H](C1CC1)N(CC(F)(F)F)C(=O)c1cc(S(=O)(=O)N(C)C)ccc1N1CCOCC1. The Morgan fingerprint density at radius 3 is 2.35 bits per heavy atom. The molecule has 1 aromatic rings. The Labute approximate surface area is 180 Å². The molecule has 1 aromatic carbocycles. The highest BCUT2D eigenvalue weighted by atomic mass is 32.2. The number of benzene rings is 1. The first-order valence-corrected chi connectivity index (χ1v) is 11.6. The van der Waals surface area contributed by atoms with Gasteiger partial charge in [-0.05, 0) is 43.9 Å². The van der Waals surface area contributed by atoms with E-state index in [1.807, 2.05) is 4.90 Å². The van der Waals surface area contributed by atoms with Crippen LogP contribution in [0, 0.1) is 5.92 Å². The number of morpholine rings is 1. The Balaban J connectivity index is 2.08. The van der Waals surface area contributed by atoms with E-state index in [4.69, 9.17) is 4.74 Å². The van der Waals surface area contributed by atoms with Crippen LogP contribution < -0.4 is 4.90 Å². The summed E-state index contributed by atoms with van der Waals surface area (Å²) in [5.41, 5.74) is 0.378. The molecule has 0 N–H and O–H groups in total. The zero-order chi connectivity index (χ0) is 23.0. The van der Waals surface area contributed by atoms with Gasteiger partial charge < -0.3 is 14.5 Å². The number of alkyl halides is 3. The molecule has 0 bridgehead atoms. The molecule has 0 aromatic heterocycles. The Morgan fingerprint density at radius 2 is 1.84 bits per heavy atom. The summed E-state index contributed by atoms with van der Waals surface area (Å²) in [6.45, 7) is 1.98. The van der Waals surface area contributed by atoms with Crippen LogP contribution in [0.3, 0.4) is 0 Å². The third-order valence-corrected chi connectivity index (χ3v) is 7.55. The van der Waals surface area contributed by atoms with E-state index < -0.39 is 34.7 Å². The van der Waals surface area contributed by atoms with E-state index >= 15 is 0 Å². The summed E-state index contributed by atoms with van der Waals surface area (Å²) in [4.78, 5) is 16.0. The van der Waals surface area contributed by atoms with Gasteiger partial charge in [-0.3, -0.25) is 4.79 Å². The number of carbonyl (C=O) groups excluding carboxylic acids is 1. The lowest BCUT2D eigenvalue weighted by Gasteiger charge is -2.34. The normalized spacial score (nSPS) is 18.9. The van der Waals surface area contributed by atoms with Gasteiger partial charge in [0.15, 0.2) is 0 Å². The van der Waals surface area contributed by atoms with Gasteiger partial charge in [-0.15, -0.1) is 0 Å². The van der Waals surface area contributed by atoms with Crippen molar-refractivity contribution >= 4 is 21.6 Å². The van der Waals surface area contributed by atoms with Crippen LogP contribution >= 0.6 is 0 Å². The second-order valence-electron chi connectivity index (χ2n) is 8.19. The molecule has 1 amide bonds. The average molecular weight is 464 g/mol. The molecule has 1 heterocycles. The van der Waals surface area contributed by atoms with Gasteiger partial charge in [0, 0.05) is 38.9 Å². The van der Waals surface area contributed by atoms with E-state index in [2.05, 4.69) is 0 Å². The lowest BCUT2D eigenvalue weighted by atomic mass is 10.1. The predicted molar refractivity (Wildman–Crippen MR) is 110 cm³/mol. The molecule has 1 atom stereocenters. The topological polar surface area (TPSA) is 70.2 Å². The Kier molecular flexibility index (Phi) is 6.87. The first-order valence-electron chi connectivity index (χ1n) is 10.2. The van der Waals surface area contributed by atoms with Crippen molar-refractivity contribution in [3.8, 4) is 0 Å². The van der Waals surface area contributed by atoms with Gasteiger partial charge in [-0.1, -0.05) is 0 Å².